The van der Waals surface area contributed by atoms with E-state index < -0.39 is 0 Å². The molecule has 2 fully saturated rings. The third-order valence-corrected chi connectivity index (χ3v) is 4.81. The maximum absolute atomic E-state index is 12.3. The number of hydrogen-bond donors (Lipinski definition) is 1. The summed E-state index contributed by atoms with van der Waals surface area (Å²) in [6.45, 7) is 10.5. The first kappa shape index (κ1) is 14.2. The molecule has 2 aliphatic rings. The molecule has 0 aromatic heterocycles. The van der Waals surface area contributed by atoms with Gasteiger partial charge in [0.25, 0.3) is 0 Å². The molecule has 2 atom stereocenters. The number of carbonyl (C=O) groups excluding carboxylic acids is 1. The van der Waals surface area contributed by atoms with Crippen molar-refractivity contribution in [3.8, 4) is 0 Å². The molecule has 0 aliphatic carbocycles. The quantitative estimate of drug-likeness (QED) is 0.822. The van der Waals surface area contributed by atoms with Gasteiger partial charge in [-0.15, -0.1) is 0 Å². The van der Waals surface area contributed by atoms with Crippen molar-refractivity contribution in [2.75, 3.05) is 37.7 Å². The molecule has 0 saturated carbocycles. The van der Waals surface area contributed by atoms with Crippen molar-refractivity contribution in [2.45, 2.75) is 33.0 Å². The summed E-state index contributed by atoms with van der Waals surface area (Å²) in [6.07, 6.45) is 0.184. The Kier molecular flexibility index (Phi) is 4.92. The zero-order valence-corrected chi connectivity index (χ0v) is 12.5. The zero-order valence-electron chi connectivity index (χ0n) is 11.7. The average Bonchev–Trinajstić information content (AvgIpc) is 2.64. The van der Waals surface area contributed by atoms with E-state index in [-0.39, 0.29) is 18.1 Å². The lowest BCUT2D eigenvalue weighted by molar-refractivity contribution is -0.130. The second kappa shape index (κ2) is 6.26. The lowest BCUT2D eigenvalue weighted by Crippen LogP contribution is -2.43. The van der Waals surface area contributed by atoms with Crippen molar-refractivity contribution in [1.82, 2.24) is 15.1 Å². The number of nitrogens with one attached hydrogen (secondary N) is 1. The van der Waals surface area contributed by atoms with E-state index in [4.69, 9.17) is 0 Å². The van der Waals surface area contributed by atoms with Crippen molar-refractivity contribution in [1.29, 1.82) is 0 Å². The minimum absolute atomic E-state index is 0.0110. The fourth-order valence-corrected chi connectivity index (χ4v) is 3.62. The molecule has 0 aromatic rings. The number of hydrogen-bond acceptors (Lipinski definition) is 4. The van der Waals surface area contributed by atoms with Gasteiger partial charge in [-0.1, -0.05) is 13.8 Å². The second-order valence-corrected chi connectivity index (χ2v) is 6.77. The largest absolute Gasteiger partial charge is 0.325 e. The van der Waals surface area contributed by atoms with Crippen LogP contribution in [0.1, 0.15) is 20.8 Å². The van der Waals surface area contributed by atoms with Crippen LogP contribution in [0.15, 0.2) is 0 Å². The first-order chi connectivity index (χ1) is 8.59. The van der Waals surface area contributed by atoms with Crippen LogP contribution in [0.25, 0.3) is 0 Å². The van der Waals surface area contributed by atoms with E-state index in [9.17, 15) is 4.79 Å². The maximum atomic E-state index is 12.3. The van der Waals surface area contributed by atoms with E-state index in [2.05, 4.69) is 31.0 Å². The third kappa shape index (κ3) is 3.19. The van der Waals surface area contributed by atoms with Crippen molar-refractivity contribution in [3.63, 3.8) is 0 Å². The van der Waals surface area contributed by atoms with Crippen LogP contribution >= 0.6 is 11.8 Å². The third-order valence-electron chi connectivity index (χ3n) is 3.86. The molecule has 0 spiro atoms. The van der Waals surface area contributed by atoms with E-state index in [1.165, 1.54) is 24.6 Å². The summed E-state index contributed by atoms with van der Waals surface area (Å²) in [5.41, 5.74) is 0. The fourth-order valence-electron chi connectivity index (χ4n) is 2.65. The van der Waals surface area contributed by atoms with Crippen molar-refractivity contribution < 1.29 is 4.79 Å². The van der Waals surface area contributed by atoms with Gasteiger partial charge in [0.15, 0.2) is 0 Å². The molecule has 1 N–H and O–H groups in total. The van der Waals surface area contributed by atoms with Crippen LogP contribution in [0, 0.1) is 5.92 Å². The Morgan fingerprint density at radius 2 is 2.00 bits per heavy atom. The van der Waals surface area contributed by atoms with Crippen LogP contribution < -0.4 is 5.32 Å². The molecule has 4 nitrogen and oxygen atoms in total. The number of thioether (sulfide) groups is 1. The highest BCUT2D eigenvalue weighted by atomic mass is 32.2. The van der Waals surface area contributed by atoms with Crippen LogP contribution in [-0.2, 0) is 4.79 Å². The molecule has 0 bridgehead atoms. The van der Waals surface area contributed by atoms with Gasteiger partial charge in [-0.2, -0.15) is 11.8 Å². The van der Waals surface area contributed by atoms with Crippen LogP contribution in [-0.4, -0.2) is 65.6 Å². The monoisotopic (exact) mass is 271 g/mol. The van der Waals surface area contributed by atoms with E-state index in [1.807, 2.05) is 16.7 Å². The average molecular weight is 271 g/mol. The predicted octanol–water partition coefficient (Wildman–Crippen LogP) is 0.838. The molecule has 2 heterocycles. The fraction of sp³-hybridized carbons (Fsp3) is 0.923. The maximum Gasteiger partial charge on any atom is 0.241 e. The highest BCUT2D eigenvalue weighted by Crippen LogP contribution is 2.17. The van der Waals surface area contributed by atoms with Crippen LogP contribution in [0.3, 0.4) is 0 Å². The molecule has 0 aromatic carbocycles. The summed E-state index contributed by atoms with van der Waals surface area (Å²) >= 11 is 2.03. The van der Waals surface area contributed by atoms with Crippen molar-refractivity contribution in [3.05, 3.63) is 0 Å². The van der Waals surface area contributed by atoms with Crippen LogP contribution in [0.4, 0.5) is 0 Å². The SMILES string of the molecule is CC(C)C1NC(C)N(CCN2CCSCC2)C1=O. The summed E-state index contributed by atoms with van der Waals surface area (Å²) < 4.78 is 0. The number of nitrogens with zero attached hydrogens (tertiary/aromatic N) is 2. The Hall–Kier alpha value is -0.260. The van der Waals surface area contributed by atoms with Gasteiger partial charge in [0.2, 0.25) is 5.91 Å². The summed E-state index contributed by atoms with van der Waals surface area (Å²) in [6, 6.07) is 0.0110. The molecule has 2 aliphatic heterocycles. The highest BCUT2D eigenvalue weighted by Gasteiger charge is 2.37. The standard InChI is InChI=1S/C13H25N3OS/c1-10(2)12-13(17)16(11(3)14-12)5-4-15-6-8-18-9-7-15/h10-12,14H,4-9H2,1-3H3. The molecule has 18 heavy (non-hydrogen) atoms. The van der Waals surface area contributed by atoms with Gasteiger partial charge < -0.3 is 4.90 Å². The summed E-state index contributed by atoms with van der Waals surface area (Å²) in [4.78, 5) is 16.7. The van der Waals surface area contributed by atoms with Gasteiger partial charge in [0, 0.05) is 37.7 Å². The molecule has 2 rings (SSSR count). The summed E-state index contributed by atoms with van der Waals surface area (Å²) in [7, 11) is 0. The van der Waals surface area contributed by atoms with Crippen LogP contribution in [0.5, 0.6) is 0 Å². The molecular weight excluding hydrogens is 246 g/mol. The van der Waals surface area contributed by atoms with E-state index >= 15 is 0 Å². The van der Waals surface area contributed by atoms with Gasteiger partial charge in [-0.3, -0.25) is 15.0 Å². The molecule has 2 unspecified atom stereocenters. The van der Waals surface area contributed by atoms with Crippen LogP contribution in [0.2, 0.25) is 0 Å². The number of carbonyl (C=O) groups is 1. The smallest absolute Gasteiger partial charge is 0.241 e. The number of amides is 1. The minimum atomic E-state index is 0.0110. The zero-order chi connectivity index (χ0) is 13.1. The topological polar surface area (TPSA) is 35.6 Å². The first-order valence-corrected chi connectivity index (χ1v) is 8.11. The van der Waals surface area contributed by atoms with Gasteiger partial charge in [0.05, 0.1) is 12.2 Å². The molecule has 2 saturated heterocycles. The molecule has 1 amide bonds. The Labute approximate surface area is 114 Å². The molecule has 0 radical (unpaired) electrons. The van der Waals surface area contributed by atoms with Gasteiger partial charge in [0.1, 0.15) is 0 Å². The lowest BCUT2D eigenvalue weighted by Gasteiger charge is -2.29. The Balaban J connectivity index is 1.83. The minimum Gasteiger partial charge on any atom is -0.325 e. The molecule has 104 valence electrons. The Morgan fingerprint density at radius 3 is 2.56 bits per heavy atom. The van der Waals surface area contributed by atoms with Crippen molar-refractivity contribution >= 4 is 17.7 Å². The van der Waals surface area contributed by atoms with Gasteiger partial charge in [-0.25, -0.2) is 0 Å². The van der Waals surface area contributed by atoms with E-state index in [0.717, 1.165) is 13.1 Å². The normalized spacial score (nSPS) is 30.4. The second-order valence-electron chi connectivity index (χ2n) is 5.55. The lowest BCUT2D eigenvalue weighted by atomic mass is 10.1. The Bertz CT molecular complexity index is 292. The molecular formula is C13H25N3OS. The van der Waals surface area contributed by atoms with Gasteiger partial charge >= 0.3 is 0 Å². The predicted molar refractivity (Wildman–Crippen MR) is 76.7 cm³/mol. The highest BCUT2D eigenvalue weighted by molar-refractivity contribution is 7.99. The van der Waals surface area contributed by atoms with Gasteiger partial charge in [-0.05, 0) is 12.8 Å². The summed E-state index contributed by atoms with van der Waals surface area (Å²) in [5, 5.41) is 3.39. The first-order valence-electron chi connectivity index (χ1n) is 6.96. The van der Waals surface area contributed by atoms with Crippen molar-refractivity contribution in [2.24, 2.45) is 5.92 Å². The summed E-state index contributed by atoms with van der Waals surface area (Å²) in [5.74, 6) is 3.12. The van der Waals surface area contributed by atoms with E-state index in [0.29, 0.717) is 5.92 Å². The molecule has 5 heteroatoms. The number of rotatable bonds is 4. The van der Waals surface area contributed by atoms with E-state index in [1.54, 1.807) is 0 Å². The Morgan fingerprint density at radius 1 is 1.33 bits per heavy atom.